The van der Waals surface area contributed by atoms with Crippen LogP contribution in [-0.4, -0.2) is 141 Å². The van der Waals surface area contributed by atoms with Crippen LogP contribution in [0.2, 0.25) is 0 Å². The van der Waals surface area contributed by atoms with Gasteiger partial charge in [-0.3, -0.25) is 9.69 Å². The third kappa shape index (κ3) is 6.68. The number of carbonyl (C=O) groups is 1. The quantitative estimate of drug-likeness (QED) is 0.270. The zero-order valence-electron chi connectivity index (χ0n) is 32.9. The molecule has 3 atom stereocenters. The molecule has 59 heavy (non-hydrogen) atoms. The van der Waals surface area contributed by atoms with Crippen LogP contribution in [0.1, 0.15) is 12.2 Å². The lowest BCUT2D eigenvalue weighted by Gasteiger charge is -2.42. The van der Waals surface area contributed by atoms with Gasteiger partial charge in [0.15, 0.2) is 11.5 Å². The number of hydrogen-bond acceptors (Lipinski definition) is 12. The van der Waals surface area contributed by atoms with E-state index in [-0.39, 0.29) is 24.2 Å². The number of methoxy groups -OCH3 is 1. The molecule has 0 aliphatic carbocycles. The molecule has 1 N–H and O–H groups in total. The number of aryl methyl sites for hydroxylation is 1. The minimum Gasteiger partial charge on any atom is -0.378 e. The summed E-state index contributed by atoms with van der Waals surface area (Å²) in [5.74, 6) is 0.0504. The molecule has 18 heteroatoms. The van der Waals surface area contributed by atoms with Gasteiger partial charge in [0.1, 0.15) is 40.8 Å². The second kappa shape index (κ2) is 14.8. The summed E-state index contributed by atoms with van der Waals surface area (Å²) in [5, 5.41) is 8.64. The monoisotopic (exact) mass is 808 g/mol. The van der Waals surface area contributed by atoms with Gasteiger partial charge in [-0.05, 0) is 43.7 Å². The van der Waals surface area contributed by atoms with Gasteiger partial charge in [0.25, 0.3) is 0 Å². The van der Waals surface area contributed by atoms with Crippen LogP contribution in [0.5, 0.6) is 0 Å². The number of halogens is 3. The van der Waals surface area contributed by atoms with Gasteiger partial charge >= 0.3 is 0 Å². The fourth-order valence-electron chi connectivity index (χ4n) is 8.90. The first-order valence-corrected chi connectivity index (χ1v) is 19.8. The first kappa shape index (κ1) is 37.4. The van der Waals surface area contributed by atoms with Crippen LogP contribution in [0, 0.1) is 24.4 Å². The van der Waals surface area contributed by atoms with Crippen LogP contribution in [0.4, 0.5) is 30.8 Å². The van der Waals surface area contributed by atoms with Crippen LogP contribution in [0.3, 0.4) is 0 Å². The molecule has 0 spiro atoms. The number of fused-ring (bicyclic) bond motifs is 6. The van der Waals surface area contributed by atoms with Crippen LogP contribution in [0.25, 0.3) is 39.0 Å². The van der Waals surface area contributed by atoms with Gasteiger partial charge in [0, 0.05) is 77.2 Å². The maximum absolute atomic E-state index is 15.4. The summed E-state index contributed by atoms with van der Waals surface area (Å²) in [4.78, 5) is 42.8. The average Bonchev–Trinajstić information content (AvgIpc) is 3.91. The molecule has 15 nitrogen and oxygen atoms in total. The highest BCUT2D eigenvalue weighted by Gasteiger charge is 2.42. The van der Waals surface area contributed by atoms with E-state index in [1.165, 1.54) is 28.9 Å². The molecule has 3 saturated heterocycles. The van der Waals surface area contributed by atoms with Crippen molar-refractivity contribution in [1.82, 2.24) is 44.1 Å². The van der Waals surface area contributed by atoms with Gasteiger partial charge in [-0.15, -0.1) is 0 Å². The first-order chi connectivity index (χ1) is 28.6. The van der Waals surface area contributed by atoms with Crippen molar-refractivity contribution in [3.8, 4) is 16.9 Å². The molecule has 0 radical (unpaired) electrons. The van der Waals surface area contributed by atoms with Crippen molar-refractivity contribution in [2.75, 3.05) is 81.8 Å². The van der Waals surface area contributed by atoms with Crippen LogP contribution >= 0.6 is 0 Å². The smallest absolute Gasteiger partial charge is 0.245 e. The van der Waals surface area contributed by atoms with Crippen molar-refractivity contribution in [3.05, 3.63) is 78.0 Å². The molecule has 10 rings (SSSR count). The number of benzene rings is 2. The van der Waals surface area contributed by atoms with Crippen molar-refractivity contribution in [1.29, 1.82) is 0 Å². The van der Waals surface area contributed by atoms with Gasteiger partial charge in [-0.1, -0.05) is 6.07 Å². The van der Waals surface area contributed by atoms with Crippen LogP contribution < -0.4 is 15.1 Å². The molecule has 3 fully saturated rings. The van der Waals surface area contributed by atoms with Crippen LogP contribution in [0.15, 0.2) is 54.7 Å². The Hall–Kier alpha value is -5.85. The lowest BCUT2D eigenvalue weighted by Crippen LogP contribution is -2.56. The normalized spacial score (nSPS) is 21.8. The number of ether oxygens (including phenoxy) is 2. The Morgan fingerprint density at radius 3 is 2.51 bits per heavy atom. The van der Waals surface area contributed by atoms with E-state index in [1.54, 1.807) is 25.3 Å². The number of piperazine rings is 1. The Morgan fingerprint density at radius 2 is 1.75 bits per heavy atom. The van der Waals surface area contributed by atoms with E-state index in [4.69, 9.17) is 29.4 Å². The minimum atomic E-state index is -0.791. The first-order valence-electron chi connectivity index (χ1n) is 19.8. The molecular weight excluding hydrogens is 766 g/mol. The van der Waals surface area contributed by atoms with E-state index < -0.39 is 29.6 Å². The molecule has 0 saturated carbocycles. The Balaban J connectivity index is 1.08. The van der Waals surface area contributed by atoms with Gasteiger partial charge in [0.2, 0.25) is 11.9 Å². The summed E-state index contributed by atoms with van der Waals surface area (Å²) < 4.78 is 59.4. The lowest BCUT2D eigenvalue weighted by molar-refractivity contribution is -0.132. The number of aromatic nitrogens is 7. The second-order valence-electron chi connectivity index (χ2n) is 15.8. The van der Waals surface area contributed by atoms with Gasteiger partial charge in [-0.2, -0.15) is 15.1 Å². The van der Waals surface area contributed by atoms with Gasteiger partial charge in [-0.25, -0.2) is 27.8 Å². The van der Waals surface area contributed by atoms with Crippen molar-refractivity contribution in [3.63, 3.8) is 0 Å². The fraction of sp³-hybridized carbons (Fsp3) is 0.415. The number of pyridine rings is 1. The van der Waals surface area contributed by atoms with E-state index in [9.17, 15) is 9.18 Å². The van der Waals surface area contributed by atoms with Gasteiger partial charge in [0.05, 0.1) is 60.2 Å². The van der Waals surface area contributed by atoms with Gasteiger partial charge < -0.3 is 34.1 Å². The molecule has 8 heterocycles. The molecule has 4 aliphatic heterocycles. The molecule has 2 aromatic carbocycles. The van der Waals surface area contributed by atoms with E-state index >= 15 is 8.78 Å². The number of amides is 1. The predicted molar refractivity (Wildman–Crippen MR) is 214 cm³/mol. The van der Waals surface area contributed by atoms with E-state index in [0.717, 1.165) is 24.7 Å². The van der Waals surface area contributed by atoms with Crippen LogP contribution in [-0.2, 0) is 20.8 Å². The Labute approximate surface area is 337 Å². The number of carbonyl (C=O) groups excluding carboxylic acids is 1. The second-order valence-corrected chi connectivity index (χ2v) is 15.8. The number of nitrogens with one attached hydrogen (secondary N) is 1. The standard InChI is InChI=1S/C41H43F3N12O3/c1-23-46-33-15-25(43)13-29-32-5-4-6-36(48-32)47-26-16-35(40(57)51(2)19-28(58-3)20-54(23)37(29)33)55(18-26)38-30-17-45-56(34-8-7-24(42)14-31(34)44)39(30)50-41(49-38)53-11-9-52(10-12-53)27-21-59-22-27/h4-8,13-15,17,26-28,35H,9-12,16,18-22H2,1-3H3,(H,47,48)/t26-,28-,35-/m0/s1. The van der Waals surface area contributed by atoms with E-state index in [2.05, 4.69) is 20.2 Å². The lowest BCUT2D eigenvalue weighted by atomic mass is 10.1. The fourth-order valence-corrected chi connectivity index (χ4v) is 8.90. The molecule has 4 aliphatic rings. The molecule has 0 unspecified atom stereocenters. The number of likely N-dealkylation sites (N-methyl/N-ethyl adjacent to an activating group) is 1. The number of imidazole rings is 1. The SMILES string of the molecule is CO[C@H]1CN(C)C(=O)[C@@H]2C[C@@H](CN2c2nc(N3CCN(C4COC4)CC3)nc3c2cnn3-c2ccc(F)cc2F)Nc2cccc(n2)-c2cc(F)cc3nc(C)n(c23)C1. The maximum atomic E-state index is 15.4. The highest BCUT2D eigenvalue weighted by atomic mass is 19.1. The third-order valence-electron chi connectivity index (χ3n) is 12.1. The highest BCUT2D eigenvalue weighted by Crippen LogP contribution is 2.36. The number of hydrogen-bond donors (Lipinski definition) is 1. The largest absolute Gasteiger partial charge is 0.378 e. The average molecular weight is 809 g/mol. The Kier molecular flexibility index (Phi) is 9.36. The summed E-state index contributed by atoms with van der Waals surface area (Å²) >= 11 is 0. The predicted octanol–water partition coefficient (Wildman–Crippen LogP) is 4.02. The van der Waals surface area contributed by atoms with Crippen molar-refractivity contribution < 1.29 is 27.4 Å². The zero-order valence-corrected chi connectivity index (χ0v) is 32.9. The topological polar surface area (TPSA) is 135 Å². The molecule has 4 bridgehead atoms. The molecule has 6 aromatic rings. The number of nitrogens with zero attached hydrogens (tertiary/aromatic N) is 11. The summed E-state index contributed by atoms with van der Waals surface area (Å²) in [7, 11) is 3.37. The zero-order chi connectivity index (χ0) is 40.5. The molecular formula is C41H43F3N12O3. The molecule has 1 amide bonds. The van der Waals surface area contributed by atoms with Crippen molar-refractivity contribution in [2.24, 2.45) is 0 Å². The molecule has 4 aromatic heterocycles. The molecule has 306 valence electrons. The Morgan fingerprint density at radius 1 is 0.915 bits per heavy atom. The highest BCUT2D eigenvalue weighted by molar-refractivity contribution is 5.94. The third-order valence-corrected chi connectivity index (χ3v) is 12.1. The minimum absolute atomic E-state index is 0.0324. The summed E-state index contributed by atoms with van der Waals surface area (Å²) in [6.07, 6.45) is 1.52. The Bertz CT molecular complexity index is 2590. The van der Waals surface area contributed by atoms with Crippen molar-refractivity contribution in [2.45, 2.75) is 44.1 Å². The summed E-state index contributed by atoms with van der Waals surface area (Å²) in [6.45, 7) is 7.10. The number of rotatable bonds is 5. The summed E-state index contributed by atoms with van der Waals surface area (Å²) in [6, 6.07) is 11.2. The van der Waals surface area contributed by atoms with E-state index in [1.807, 2.05) is 34.6 Å². The van der Waals surface area contributed by atoms with Crippen molar-refractivity contribution >= 4 is 45.6 Å². The van der Waals surface area contributed by atoms with E-state index in [0.29, 0.717) is 103 Å². The maximum Gasteiger partial charge on any atom is 0.245 e. The summed E-state index contributed by atoms with van der Waals surface area (Å²) in [5.41, 5.74) is 2.76. The number of anilines is 3.